The zero-order valence-electron chi connectivity index (χ0n) is 5.36. The van der Waals surface area contributed by atoms with Crippen LogP contribution in [0.25, 0.3) is 0 Å². The van der Waals surface area contributed by atoms with Gasteiger partial charge in [0.05, 0.1) is 0 Å². The average molecular weight is 136 g/mol. The highest BCUT2D eigenvalue weighted by atomic mass is 16.5. The molecule has 0 spiro atoms. The summed E-state index contributed by atoms with van der Waals surface area (Å²) in [5, 5.41) is 16.7. The molecule has 0 amide bonds. The molecule has 2 N–H and O–H groups in total. The molecule has 0 aromatic heterocycles. The minimum absolute atomic E-state index is 0.666. The summed E-state index contributed by atoms with van der Waals surface area (Å²) in [7, 11) is 0. The van der Waals surface area contributed by atoms with Crippen molar-refractivity contribution in [2.75, 3.05) is 0 Å². The summed E-state index contributed by atoms with van der Waals surface area (Å²) in [6.45, 7) is 0. The smallest absolute Gasteiger partial charge is 0.274 e. The molecule has 0 aromatic rings. The molecular formula is C8H8O2. The molecule has 0 radical (unpaired) electrons. The third-order valence-electron chi connectivity index (χ3n) is 1.11. The SMILES string of the molecule is OC(O)=CC=C1C=CC=C1. The number of hydrogen-bond donors (Lipinski definition) is 2. The van der Waals surface area contributed by atoms with Gasteiger partial charge in [0.1, 0.15) is 0 Å². The molecule has 0 bridgehead atoms. The molecule has 0 aliphatic heterocycles. The first-order valence-corrected chi connectivity index (χ1v) is 2.94. The number of hydrogen-bond acceptors (Lipinski definition) is 2. The second-order valence-electron chi connectivity index (χ2n) is 1.91. The zero-order chi connectivity index (χ0) is 7.40. The van der Waals surface area contributed by atoms with E-state index in [2.05, 4.69) is 0 Å². The highest BCUT2D eigenvalue weighted by molar-refractivity contribution is 5.41. The topological polar surface area (TPSA) is 40.5 Å². The van der Waals surface area contributed by atoms with E-state index in [1.807, 2.05) is 24.3 Å². The maximum absolute atomic E-state index is 8.34. The molecule has 0 saturated carbocycles. The molecule has 0 heterocycles. The van der Waals surface area contributed by atoms with E-state index in [-0.39, 0.29) is 0 Å². The Morgan fingerprint density at radius 2 is 1.80 bits per heavy atom. The summed E-state index contributed by atoms with van der Waals surface area (Å²) in [6, 6.07) is 0. The van der Waals surface area contributed by atoms with Gasteiger partial charge in [0.2, 0.25) is 0 Å². The van der Waals surface area contributed by atoms with Crippen molar-refractivity contribution in [3.63, 3.8) is 0 Å². The van der Waals surface area contributed by atoms with E-state index in [1.165, 1.54) is 6.08 Å². The van der Waals surface area contributed by atoms with Crippen molar-refractivity contribution in [2.24, 2.45) is 0 Å². The summed E-state index contributed by atoms with van der Waals surface area (Å²) >= 11 is 0. The lowest BCUT2D eigenvalue weighted by Gasteiger charge is -1.84. The standard InChI is InChI=1S/C8H8O2/c9-8(10)6-5-7-3-1-2-4-7/h1-6,9-10H. The Morgan fingerprint density at radius 3 is 2.30 bits per heavy atom. The van der Waals surface area contributed by atoms with E-state index in [0.717, 1.165) is 5.57 Å². The van der Waals surface area contributed by atoms with E-state index in [9.17, 15) is 0 Å². The molecule has 52 valence electrons. The Labute approximate surface area is 59.1 Å². The third-order valence-corrected chi connectivity index (χ3v) is 1.11. The Hall–Kier alpha value is -1.44. The minimum atomic E-state index is -0.666. The first-order valence-electron chi connectivity index (χ1n) is 2.94. The molecule has 1 aliphatic rings. The van der Waals surface area contributed by atoms with Crippen LogP contribution in [0.4, 0.5) is 0 Å². The van der Waals surface area contributed by atoms with Gasteiger partial charge in [-0.1, -0.05) is 24.3 Å². The van der Waals surface area contributed by atoms with Crippen LogP contribution >= 0.6 is 0 Å². The Balaban J connectivity index is 2.65. The van der Waals surface area contributed by atoms with Gasteiger partial charge in [-0.3, -0.25) is 0 Å². The van der Waals surface area contributed by atoms with Crippen LogP contribution in [0, 0.1) is 0 Å². The second kappa shape index (κ2) is 2.92. The summed E-state index contributed by atoms with van der Waals surface area (Å²) in [6.07, 6.45) is 10.4. The van der Waals surface area contributed by atoms with Gasteiger partial charge in [-0.05, 0) is 11.6 Å². The van der Waals surface area contributed by atoms with Crippen molar-refractivity contribution >= 4 is 0 Å². The molecule has 0 aromatic carbocycles. The lowest BCUT2D eigenvalue weighted by Crippen LogP contribution is -1.72. The average Bonchev–Trinajstić information content (AvgIpc) is 2.34. The zero-order valence-corrected chi connectivity index (χ0v) is 5.36. The van der Waals surface area contributed by atoms with E-state index in [4.69, 9.17) is 10.2 Å². The van der Waals surface area contributed by atoms with Crippen LogP contribution in [0.1, 0.15) is 0 Å². The minimum Gasteiger partial charge on any atom is -0.481 e. The summed E-state index contributed by atoms with van der Waals surface area (Å²) in [4.78, 5) is 0. The monoisotopic (exact) mass is 136 g/mol. The van der Waals surface area contributed by atoms with Crippen LogP contribution in [0.3, 0.4) is 0 Å². The molecule has 0 unspecified atom stereocenters. The Bertz CT molecular complexity index is 214. The Morgan fingerprint density at radius 1 is 1.20 bits per heavy atom. The predicted molar refractivity (Wildman–Crippen MR) is 39.7 cm³/mol. The number of rotatable bonds is 1. The molecule has 1 aliphatic carbocycles. The van der Waals surface area contributed by atoms with E-state index in [0.29, 0.717) is 0 Å². The first-order chi connectivity index (χ1) is 4.79. The number of aliphatic hydroxyl groups excluding tert-OH is 1. The highest BCUT2D eigenvalue weighted by Gasteiger charge is 1.88. The maximum atomic E-state index is 8.34. The van der Waals surface area contributed by atoms with E-state index < -0.39 is 5.95 Å². The summed E-state index contributed by atoms with van der Waals surface area (Å²) in [5.41, 5.74) is 0.959. The van der Waals surface area contributed by atoms with Gasteiger partial charge >= 0.3 is 0 Å². The lowest BCUT2D eigenvalue weighted by atomic mass is 10.3. The fourth-order valence-electron chi connectivity index (χ4n) is 0.671. The largest absolute Gasteiger partial charge is 0.481 e. The number of allylic oxidation sites excluding steroid dienone is 7. The quantitative estimate of drug-likeness (QED) is 0.541. The van der Waals surface area contributed by atoms with Gasteiger partial charge in [0.15, 0.2) is 0 Å². The normalized spacial score (nSPS) is 13.8. The second-order valence-corrected chi connectivity index (χ2v) is 1.91. The molecule has 0 fully saturated rings. The molecule has 2 nitrogen and oxygen atoms in total. The third kappa shape index (κ3) is 1.82. The van der Waals surface area contributed by atoms with Crippen molar-refractivity contribution in [3.8, 4) is 0 Å². The fraction of sp³-hybridized carbons (Fsp3) is 0. The van der Waals surface area contributed by atoms with Crippen molar-refractivity contribution in [2.45, 2.75) is 0 Å². The van der Waals surface area contributed by atoms with Crippen LogP contribution in [-0.4, -0.2) is 10.2 Å². The highest BCUT2D eigenvalue weighted by Crippen LogP contribution is 2.06. The van der Waals surface area contributed by atoms with Crippen molar-refractivity contribution in [1.82, 2.24) is 0 Å². The number of aliphatic hydroxyl groups is 2. The van der Waals surface area contributed by atoms with Gasteiger partial charge in [0, 0.05) is 6.08 Å². The molecular weight excluding hydrogens is 128 g/mol. The van der Waals surface area contributed by atoms with Crippen LogP contribution in [0.5, 0.6) is 0 Å². The van der Waals surface area contributed by atoms with Crippen LogP contribution in [-0.2, 0) is 0 Å². The van der Waals surface area contributed by atoms with Crippen LogP contribution in [0.2, 0.25) is 0 Å². The van der Waals surface area contributed by atoms with Crippen molar-refractivity contribution < 1.29 is 10.2 Å². The Kier molecular flexibility index (Phi) is 1.95. The summed E-state index contributed by atoms with van der Waals surface area (Å²) in [5.74, 6) is -0.666. The molecule has 1 rings (SSSR count). The van der Waals surface area contributed by atoms with Gasteiger partial charge in [-0.25, -0.2) is 0 Å². The van der Waals surface area contributed by atoms with Gasteiger partial charge in [-0.15, -0.1) is 0 Å². The maximum Gasteiger partial charge on any atom is 0.274 e. The molecule has 10 heavy (non-hydrogen) atoms. The molecule has 0 atom stereocenters. The van der Waals surface area contributed by atoms with Crippen molar-refractivity contribution in [3.05, 3.63) is 48.0 Å². The lowest BCUT2D eigenvalue weighted by molar-refractivity contribution is 0.191. The van der Waals surface area contributed by atoms with Gasteiger partial charge < -0.3 is 10.2 Å². The fourth-order valence-corrected chi connectivity index (χ4v) is 0.671. The van der Waals surface area contributed by atoms with Gasteiger partial charge in [-0.2, -0.15) is 0 Å². The van der Waals surface area contributed by atoms with Gasteiger partial charge in [0.25, 0.3) is 5.95 Å². The predicted octanol–water partition coefficient (Wildman–Crippen LogP) is 2.00. The molecule has 2 heteroatoms. The summed E-state index contributed by atoms with van der Waals surface area (Å²) < 4.78 is 0. The van der Waals surface area contributed by atoms with Crippen LogP contribution in [0.15, 0.2) is 48.0 Å². The van der Waals surface area contributed by atoms with E-state index in [1.54, 1.807) is 6.08 Å². The molecule has 0 saturated heterocycles. The van der Waals surface area contributed by atoms with Crippen molar-refractivity contribution in [1.29, 1.82) is 0 Å². The first kappa shape index (κ1) is 6.68. The van der Waals surface area contributed by atoms with E-state index >= 15 is 0 Å². The van der Waals surface area contributed by atoms with Crippen LogP contribution < -0.4 is 0 Å².